The molecule has 0 bridgehead atoms. The predicted octanol–water partition coefficient (Wildman–Crippen LogP) is 4.41. The number of rotatable bonds is 11. The van der Waals surface area contributed by atoms with Crippen molar-refractivity contribution in [1.29, 1.82) is 0 Å². The standard InChI is InChI=1S/C28H32ClN3O5S/c1-5-30-28(34)21(3)31(18-22-12-15-24(37-4)16-13-22)27(33)19-32(26-17-23(29)14-11-20(26)2)38(35,36)25-9-7-6-8-10-25/h6-17,21H,5,18-19H2,1-4H3,(H,30,34)/t21-/m1/s1. The minimum absolute atomic E-state index is 0.0330. The van der Waals surface area contributed by atoms with E-state index < -0.39 is 28.5 Å². The molecule has 0 saturated heterocycles. The highest BCUT2D eigenvalue weighted by Crippen LogP contribution is 2.30. The number of nitrogens with zero attached hydrogens (tertiary/aromatic N) is 2. The number of carbonyl (C=O) groups excluding carboxylic acids is 2. The Labute approximate surface area is 229 Å². The van der Waals surface area contributed by atoms with E-state index in [2.05, 4.69) is 5.32 Å². The summed E-state index contributed by atoms with van der Waals surface area (Å²) >= 11 is 6.23. The molecule has 0 heterocycles. The summed E-state index contributed by atoms with van der Waals surface area (Å²) in [4.78, 5) is 28.0. The quantitative estimate of drug-likeness (QED) is 0.377. The second-order valence-electron chi connectivity index (χ2n) is 8.70. The summed E-state index contributed by atoms with van der Waals surface area (Å²) < 4.78 is 33.9. The normalized spacial score (nSPS) is 11.9. The van der Waals surface area contributed by atoms with E-state index in [-0.39, 0.29) is 23.0 Å². The molecule has 0 unspecified atom stereocenters. The molecule has 0 aliphatic heterocycles. The van der Waals surface area contributed by atoms with Crippen molar-refractivity contribution >= 4 is 39.1 Å². The van der Waals surface area contributed by atoms with Gasteiger partial charge < -0.3 is 15.0 Å². The molecule has 8 nitrogen and oxygen atoms in total. The summed E-state index contributed by atoms with van der Waals surface area (Å²) in [5.41, 5.74) is 1.66. The van der Waals surface area contributed by atoms with Gasteiger partial charge in [-0.1, -0.05) is 48.0 Å². The van der Waals surface area contributed by atoms with Crippen LogP contribution in [0, 0.1) is 6.92 Å². The number of carbonyl (C=O) groups is 2. The molecule has 38 heavy (non-hydrogen) atoms. The van der Waals surface area contributed by atoms with Crippen molar-refractivity contribution in [1.82, 2.24) is 10.2 Å². The number of methoxy groups -OCH3 is 1. The first-order chi connectivity index (χ1) is 18.1. The number of ether oxygens (including phenoxy) is 1. The van der Waals surface area contributed by atoms with Gasteiger partial charge in [0.2, 0.25) is 11.8 Å². The van der Waals surface area contributed by atoms with E-state index >= 15 is 0 Å². The van der Waals surface area contributed by atoms with E-state index in [4.69, 9.17) is 16.3 Å². The van der Waals surface area contributed by atoms with Gasteiger partial charge in [-0.25, -0.2) is 8.42 Å². The number of nitrogens with one attached hydrogen (secondary N) is 1. The Morgan fingerprint density at radius 2 is 1.68 bits per heavy atom. The monoisotopic (exact) mass is 557 g/mol. The van der Waals surface area contributed by atoms with Gasteiger partial charge in [0, 0.05) is 18.1 Å². The van der Waals surface area contributed by atoms with Crippen LogP contribution in [0.5, 0.6) is 5.75 Å². The lowest BCUT2D eigenvalue weighted by Gasteiger charge is -2.32. The Balaban J connectivity index is 2.05. The number of hydrogen-bond acceptors (Lipinski definition) is 5. The number of aryl methyl sites for hydroxylation is 1. The van der Waals surface area contributed by atoms with Crippen LogP contribution in [0.4, 0.5) is 5.69 Å². The lowest BCUT2D eigenvalue weighted by atomic mass is 10.1. The summed E-state index contributed by atoms with van der Waals surface area (Å²) in [6, 6.07) is 19.0. The average molecular weight is 558 g/mol. The molecule has 0 aliphatic rings. The Morgan fingerprint density at radius 1 is 1.03 bits per heavy atom. The van der Waals surface area contributed by atoms with Gasteiger partial charge in [0.05, 0.1) is 17.7 Å². The number of sulfonamides is 1. The molecule has 0 spiro atoms. The van der Waals surface area contributed by atoms with Gasteiger partial charge in [-0.15, -0.1) is 0 Å². The van der Waals surface area contributed by atoms with E-state index in [1.54, 1.807) is 82.5 Å². The van der Waals surface area contributed by atoms with Crippen LogP contribution in [-0.2, 0) is 26.2 Å². The molecule has 3 aromatic carbocycles. The highest BCUT2D eigenvalue weighted by Gasteiger charge is 2.33. The van der Waals surface area contributed by atoms with Crippen LogP contribution >= 0.6 is 11.6 Å². The zero-order valence-electron chi connectivity index (χ0n) is 21.8. The number of anilines is 1. The van der Waals surface area contributed by atoms with Crippen LogP contribution < -0.4 is 14.4 Å². The molecule has 0 aliphatic carbocycles. The topological polar surface area (TPSA) is 96.0 Å². The third-order valence-electron chi connectivity index (χ3n) is 6.08. The third kappa shape index (κ3) is 6.85. The molecule has 1 N–H and O–H groups in total. The molecule has 3 rings (SSSR count). The Kier molecular flexibility index (Phi) is 9.77. The number of amides is 2. The van der Waals surface area contributed by atoms with Crippen molar-refractivity contribution in [2.24, 2.45) is 0 Å². The van der Waals surface area contributed by atoms with Gasteiger partial charge in [0.25, 0.3) is 10.0 Å². The lowest BCUT2D eigenvalue weighted by molar-refractivity contribution is -0.139. The Hall–Kier alpha value is -3.56. The van der Waals surface area contributed by atoms with Crippen LogP contribution in [0.2, 0.25) is 5.02 Å². The molecule has 0 aromatic heterocycles. The largest absolute Gasteiger partial charge is 0.497 e. The molecule has 0 radical (unpaired) electrons. The Bertz CT molecular complexity index is 1360. The second kappa shape index (κ2) is 12.8. The smallest absolute Gasteiger partial charge is 0.264 e. The van der Waals surface area contributed by atoms with Crippen molar-refractivity contribution in [3.05, 3.63) is 88.9 Å². The zero-order valence-corrected chi connectivity index (χ0v) is 23.4. The van der Waals surface area contributed by atoms with Crippen molar-refractivity contribution < 1.29 is 22.7 Å². The van der Waals surface area contributed by atoms with Crippen molar-refractivity contribution in [3.63, 3.8) is 0 Å². The molecule has 0 fully saturated rings. The number of benzene rings is 3. The van der Waals surface area contributed by atoms with Crippen molar-refractivity contribution in [3.8, 4) is 5.75 Å². The van der Waals surface area contributed by atoms with E-state index in [1.807, 2.05) is 0 Å². The highest BCUT2D eigenvalue weighted by atomic mass is 35.5. The number of hydrogen-bond donors (Lipinski definition) is 1. The second-order valence-corrected chi connectivity index (χ2v) is 11.0. The van der Waals surface area contributed by atoms with E-state index in [9.17, 15) is 18.0 Å². The molecule has 2 amide bonds. The van der Waals surface area contributed by atoms with E-state index in [1.165, 1.54) is 23.1 Å². The van der Waals surface area contributed by atoms with Gasteiger partial charge in [-0.2, -0.15) is 0 Å². The molecule has 0 saturated carbocycles. The highest BCUT2D eigenvalue weighted by molar-refractivity contribution is 7.92. The number of halogens is 1. The van der Waals surface area contributed by atoms with Crippen LogP contribution in [0.3, 0.4) is 0 Å². The molecule has 3 aromatic rings. The fraction of sp³-hybridized carbons (Fsp3) is 0.286. The maximum absolute atomic E-state index is 13.9. The summed E-state index contributed by atoms with van der Waals surface area (Å²) in [6.45, 7) is 5.11. The SMILES string of the molecule is CCNC(=O)[C@@H](C)N(Cc1ccc(OC)cc1)C(=O)CN(c1cc(Cl)ccc1C)S(=O)(=O)c1ccccc1. The van der Waals surface area contributed by atoms with Crippen LogP contribution in [0.15, 0.2) is 77.7 Å². The maximum atomic E-state index is 13.9. The van der Waals surface area contributed by atoms with Gasteiger partial charge in [0.15, 0.2) is 0 Å². The minimum Gasteiger partial charge on any atom is -0.497 e. The van der Waals surface area contributed by atoms with E-state index in [0.29, 0.717) is 22.9 Å². The fourth-order valence-corrected chi connectivity index (χ4v) is 5.57. The molecule has 10 heteroatoms. The number of likely N-dealkylation sites (N-methyl/N-ethyl adjacent to an activating group) is 1. The molecular formula is C28H32ClN3O5S. The zero-order chi connectivity index (χ0) is 27.9. The van der Waals surface area contributed by atoms with Gasteiger partial charge >= 0.3 is 0 Å². The van der Waals surface area contributed by atoms with E-state index in [0.717, 1.165) is 9.87 Å². The van der Waals surface area contributed by atoms with Crippen molar-refractivity contribution in [2.75, 3.05) is 24.5 Å². The minimum atomic E-state index is -4.15. The first kappa shape index (κ1) is 29.0. The maximum Gasteiger partial charge on any atom is 0.264 e. The molecule has 202 valence electrons. The molecule has 1 atom stereocenters. The summed E-state index contributed by atoms with van der Waals surface area (Å²) in [6.07, 6.45) is 0. The van der Waals surface area contributed by atoms with Gasteiger partial charge in [-0.05, 0) is 68.3 Å². The van der Waals surface area contributed by atoms with Crippen LogP contribution in [-0.4, -0.2) is 51.4 Å². The average Bonchev–Trinajstić information content (AvgIpc) is 2.92. The van der Waals surface area contributed by atoms with Gasteiger partial charge in [-0.3, -0.25) is 13.9 Å². The first-order valence-corrected chi connectivity index (χ1v) is 13.9. The molecular weight excluding hydrogens is 526 g/mol. The third-order valence-corrected chi connectivity index (χ3v) is 8.09. The predicted molar refractivity (Wildman–Crippen MR) is 149 cm³/mol. The van der Waals surface area contributed by atoms with Crippen LogP contribution in [0.25, 0.3) is 0 Å². The first-order valence-electron chi connectivity index (χ1n) is 12.1. The summed E-state index contributed by atoms with van der Waals surface area (Å²) in [5, 5.41) is 3.07. The fourth-order valence-electron chi connectivity index (χ4n) is 3.92. The Morgan fingerprint density at radius 3 is 2.29 bits per heavy atom. The van der Waals surface area contributed by atoms with Crippen LogP contribution in [0.1, 0.15) is 25.0 Å². The summed E-state index contributed by atoms with van der Waals surface area (Å²) in [5.74, 6) is -0.232. The lowest BCUT2D eigenvalue weighted by Crippen LogP contribution is -2.51. The summed E-state index contributed by atoms with van der Waals surface area (Å²) in [7, 11) is -2.59. The van der Waals surface area contributed by atoms with Gasteiger partial charge in [0.1, 0.15) is 18.3 Å². The van der Waals surface area contributed by atoms with Crippen molar-refractivity contribution in [2.45, 2.75) is 38.3 Å².